The number of hydrogen-bond donors (Lipinski definition) is 1. The molecule has 36 heavy (non-hydrogen) atoms. The number of nitrogens with zero attached hydrogens (tertiary/aromatic N) is 2. The fourth-order valence-electron chi connectivity index (χ4n) is 4.15. The van der Waals surface area contributed by atoms with Gasteiger partial charge in [-0.1, -0.05) is 45.0 Å². The van der Waals surface area contributed by atoms with Crippen molar-refractivity contribution in [3.05, 3.63) is 77.7 Å². The number of carbonyl (C=O) groups is 2. The highest BCUT2D eigenvalue weighted by atomic mass is 16.7. The van der Waals surface area contributed by atoms with Gasteiger partial charge in [-0.3, -0.25) is 4.79 Å². The van der Waals surface area contributed by atoms with E-state index >= 15 is 0 Å². The van der Waals surface area contributed by atoms with E-state index in [4.69, 9.17) is 13.9 Å². The quantitative estimate of drug-likeness (QED) is 0.417. The molecule has 3 aromatic rings. The van der Waals surface area contributed by atoms with E-state index in [1.807, 2.05) is 69.3 Å². The summed E-state index contributed by atoms with van der Waals surface area (Å²) in [6.45, 7) is 7.31. The topological polar surface area (TPSA) is 84.3 Å². The molecule has 1 aliphatic heterocycles. The maximum absolute atomic E-state index is 13.6. The average molecular weight is 492 g/mol. The molecule has 1 N–H and O–H groups in total. The zero-order valence-electron chi connectivity index (χ0n) is 21.0. The predicted octanol–water partition coefficient (Wildman–Crippen LogP) is 5.29. The molecule has 4 rings (SSSR count). The summed E-state index contributed by atoms with van der Waals surface area (Å²) in [5.74, 6) is 2.03. The Labute approximate surface area is 211 Å². The third-order valence-electron chi connectivity index (χ3n) is 5.93. The molecule has 0 saturated carbocycles. The van der Waals surface area contributed by atoms with Gasteiger partial charge >= 0.3 is 6.03 Å². The fourth-order valence-corrected chi connectivity index (χ4v) is 4.15. The average Bonchev–Trinajstić information content (AvgIpc) is 3.55. The van der Waals surface area contributed by atoms with Crippen LogP contribution in [0.1, 0.15) is 37.7 Å². The number of anilines is 1. The van der Waals surface area contributed by atoms with Gasteiger partial charge in [0.05, 0.1) is 12.8 Å². The third kappa shape index (κ3) is 6.38. The summed E-state index contributed by atoms with van der Waals surface area (Å²) >= 11 is 0. The van der Waals surface area contributed by atoms with Crippen LogP contribution in [0, 0.1) is 5.92 Å². The summed E-state index contributed by atoms with van der Waals surface area (Å²) in [6, 6.07) is 16.7. The Morgan fingerprint density at radius 3 is 2.53 bits per heavy atom. The summed E-state index contributed by atoms with van der Waals surface area (Å²) < 4.78 is 16.4. The van der Waals surface area contributed by atoms with Crippen LogP contribution < -0.4 is 14.8 Å². The SMILES string of the molecule is CCc1ccccc1NC(=O)N(CC(=O)N(Cc1ccc2c(c1)OCO2)Cc1ccco1)CC(C)C. The Balaban J connectivity index is 1.51. The second-order valence-corrected chi connectivity index (χ2v) is 9.23. The van der Waals surface area contributed by atoms with Gasteiger partial charge in [0.2, 0.25) is 12.7 Å². The highest BCUT2D eigenvalue weighted by Crippen LogP contribution is 2.33. The number of carbonyl (C=O) groups excluding carboxylic acids is 2. The van der Waals surface area contributed by atoms with Crippen LogP contribution in [-0.4, -0.2) is 41.6 Å². The van der Waals surface area contributed by atoms with Gasteiger partial charge in [0.15, 0.2) is 11.5 Å². The highest BCUT2D eigenvalue weighted by molar-refractivity contribution is 5.93. The summed E-state index contributed by atoms with van der Waals surface area (Å²) in [4.78, 5) is 30.1. The number of para-hydroxylation sites is 1. The molecular formula is C28H33N3O5. The van der Waals surface area contributed by atoms with Crippen LogP contribution in [-0.2, 0) is 24.3 Å². The molecule has 190 valence electrons. The van der Waals surface area contributed by atoms with Crippen LogP contribution in [0.5, 0.6) is 11.5 Å². The molecular weight excluding hydrogens is 458 g/mol. The molecule has 0 fully saturated rings. The van der Waals surface area contributed by atoms with Crippen molar-refractivity contribution in [2.24, 2.45) is 5.92 Å². The minimum absolute atomic E-state index is 0.0520. The second kappa shape index (κ2) is 11.7. The zero-order chi connectivity index (χ0) is 25.5. The van der Waals surface area contributed by atoms with Gasteiger partial charge in [-0.15, -0.1) is 0 Å². The lowest BCUT2D eigenvalue weighted by molar-refractivity contribution is -0.133. The third-order valence-corrected chi connectivity index (χ3v) is 5.93. The molecule has 0 saturated heterocycles. The molecule has 1 aliphatic rings. The van der Waals surface area contributed by atoms with Gasteiger partial charge in [-0.25, -0.2) is 4.79 Å². The maximum atomic E-state index is 13.6. The van der Waals surface area contributed by atoms with Crippen LogP contribution >= 0.6 is 0 Å². The minimum atomic E-state index is -0.293. The van der Waals surface area contributed by atoms with Crippen molar-refractivity contribution in [2.45, 2.75) is 40.3 Å². The monoisotopic (exact) mass is 491 g/mol. The Hall–Kier alpha value is -3.94. The van der Waals surface area contributed by atoms with Gasteiger partial charge in [0.1, 0.15) is 12.3 Å². The Morgan fingerprint density at radius 2 is 1.78 bits per heavy atom. The van der Waals surface area contributed by atoms with E-state index in [0.717, 1.165) is 23.2 Å². The molecule has 0 atom stereocenters. The van der Waals surface area contributed by atoms with E-state index < -0.39 is 0 Å². The summed E-state index contributed by atoms with van der Waals surface area (Å²) in [5, 5.41) is 3.00. The van der Waals surface area contributed by atoms with E-state index in [2.05, 4.69) is 5.32 Å². The number of ether oxygens (including phenoxy) is 2. The number of rotatable bonds is 10. The molecule has 0 unspecified atom stereocenters. The van der Waals surface area contributed by atoms with Crippen LogP contribution in [0.15, 0.2) is 65.3 Å². The van der Waals surface area contributed by atoms with Gasteiger partial charge in [0, 0.05) is 18.8 Å². The number of nitrogens with one attached hydrogen (secondary N) is 1. The summed E-state index contributed by atoms with van der Waals surface area (Å²) in [6.07, 6.45) is 2.38. The molecule has 0 radical (unpaired) electrons. The number of benzene rings is 2. The van der Waals surface area contributed by atoms with E-state index in [-0.39, 0.29) is 37.7 Å². The molecule has 2 aromatic carbocycles. The molecule has 2 heterocycles. The van der Waals surface area contributed by atoms with Crippen molar-refractivity contribution < 1.29 is 23.5 Å². The largest absolute Gasteiger partial charge is 0.467 e. The lowest BCUT2D eigenvalue weighted by atomic mass is 10.1. The van der Waals surface area contributed by atoms with Crippen molar-refractivity contribution >= 4 is 17.6 Å². The van der Waals surface area contributed by atoms with Crippen LogP contribution in [0.2, 0.25) is 0 Å². The lowest BCUT2D eigenvalue weighted by Crippen LogP contribution is -2.45. The highest BCUT2D eigenvalue weighted by Gasteiger charge is 2.24. The maximum Gasteiger partial charge on any atom is 0.322 e. The van der Waals surface area contributed by atoms with Gasteiger partial charge < -0.3 is 29.0 Å². The Bertz CT molecular complexity index is 1180. The molecule has 0 aliphatic carbocycles. The van der Waals surface area contributed by atoms with Gasteiger partial charge in [-0.2, -0.15) is 0 Å². The summed E-state index contributed by atoms with van der Waals surface area (Å²) in [7, 11) is 0. The zero-order valence-corrected chi connectivity index (χ0v) is 21.0. The minimum Gasteiger partial charge on any atom is -0.467 e. The van der Waals surface area contributed by atoms with Crippen molar-refractivity contribution in [2.75, 3.05) is 25.2 Å². The normalized spacial score (nSPS) is 12.0. The van der Waals surface area contributed by atoms with Crippen LogP contribution in [0.4, 0.5) is 10.5 Å². The van der Waals surface area contributed by atoms with Crippen molar-refractivity contribution in [1.29, 1.82) is 0 Å². The standard InChI is InChI=1S/C28H33N3O5/c1-4-22-8-5-6-10-24(22)29-28(33)31(15-20(2)3)18-27(32)30(17-23-9-7-13-34-23)16-21-11-12-25-26(14-21)36-19-35-25/h5-14,20H,4,15-19H2,1-3H3,(H,29,33). The van der Waals surface area contributed by atoms with E-state index in [0.29, 0.717) is 30.3 Å². The second-order valence-electron chi connectivity index (χ2n) is 9.23. The fraction of sp³-hybridized carbons (Fsp3) is 0.357. The number of aryl methyl sites for hydroxylation is 1. The number of urea groups is 1. The molecule has 0 spiro atoms. The summed E-state index contributed by atoms with van der Waals surface area (Å²) in [5.41, 5.74) is 2.71. The molecule has 3 amide bonds. The Kier molecular flexibility index (Phi) is 8.15. The number of fused-ring (bicyclic) bond motifs is 1. The Morgan fingerprint density at radius 1 is 0.972 bits per heavy atom. The first-order chi connectivity index (χ1) is 17.4. The first kappa shape index (κ1) is 25.2. The van der Waals surface area contributed by atoms with Gasteiger partial charge in [-0.05, 0) is 53.8 Å². The first-order valence-corrected chi connectivity index (χ1v) is 12.3. The molecule has 0 bridgehead atoms. The van der Waals surface area contributed by atoms with E-state index in [9.17, 15) is 9.59 Å². The van der Waals surface area contributed by atoms with Crippen LogP contribution in [0.3, 0.4) is 0 Å². The van der Waals surface area contributed by atoms with Crippen LogP contribution in [0.25, 0.3) is 0 Å². The van der Waals surface area contributed by atoms with E-state index in [1.165, 1.54) is 0 Å². The number of hydrogen-bond acceptors (Lipinski definition) is 5. The first-order valence-electron chi connectivity index (χ1n) is 12.3. The molecule has 8 nitrogen and oxygen atoms in total. The lowest BCUT2D eigenvalue weighted by Gasteiger charge is -2.29. The van der Waals surface area contributed by atoms with E-state index in [1.54, 1.807) is 22.1 Å². The number of amides is 3. The van der Waals surface area contributed by atoms with Crippen molar-refractivity contribution in [3.63, 3.8) is 0 Å². The molecule has 1 aromatic heterocycles. The molecule has 8 heteroatoms. The van der Waals surface area contributed by atoms with Gasteiger partial charge in [0.25, 0.3) is 0 Å². The number of furan rings is 1. The van der Waals surface area contributed by atoms with Crippen molar-refractivity contribution in [1.82, 2.24) is 9.80 Å². The predicted molar refractivity (Wildman–Crippen MR) is 137 cm³/mol. The van der Waals surface area contributed by atoms with Crippen molar-refractivity contribution in [3.8, 4) is 11.5 Å². The smallest absolute Gasteiger partial charge is 0.322 e.